The molecule has 0 aromatic carbocycles. The van der Waals surface area contributed by atoms with Crippen LogP contribution in [0.4, 0.5) is 0 Å². The molecule has 4 nitrogen and oxygen atoms in total. The number of aryl methyl sites for hydroxylation is 1. The molecule has 0 aliphatic carbocycles. The molecule has 0 aliphatic rings. The van der Waals surface area contributed by atoms with Crippen LogP contribution >= 0.6 is 11.8 Å². The number of nitrogens with zero attached hydrogens (tertiary/aromatic N) is 4. The summed E-state index contributed by atoms with van der Waals surface area (Å²) in [5.41, 5.74) is 1.50. The van der Waals surface area contributed by atoms with Crippen molar-refractivity contribution < 1.29 is 0 Å². The molecule has 0 spiro atoms. The van der Waals surface area contributed by atoms with E-state index in [1.54, 1.807) is 6.20 Å². The van der Waals surface area contributed by atoms with E-state index in [9.17, 15) is 0 Å². The van der Waals surface area contributed by atoms with Gasteiger partial charge in [0.2, 0.25) is 0 Å². The molecule has 0 bridgehead atoms. The monoisotopic (exact) mass is 168 g/mol. The van der Waals surface area contributed by atoms with Crippen molar-refractivity contribution in [1.29, 1.82) is 0 Å². The van der Waals surface area contributed by atoms with Crippen LogP contribution in [0, 0.1) is 6.92 Å². The Morgan fingerprint density at radius 3 is 3.09 bits per heavy atom. The number of hydrogen-bond donors (Lipinski definition) is 0. The summed E-state index contributed by atoms with van der Waals surface area (Å²) in [5.74, 6) is 0. The summed E-state index contributed by atoms with van der Waals surface area (Å²) >= 11 is 5.69. The second kappa shape index (κ2) is 2.17. The van der Waals surface area contributed by atoms with Crippen LogP contribution in [0.2, 0.25) is 0 Å². The molecule has 2 heterocycles. The maximum atomic E-state index is 5.69. The molecular weight excluding hydrogens is 164 g/mol. The van der Waals surface area contributed by atoms with E-state index in [0.29, 0.717) is 5.65 Å². The standard InChI is InChI=1S/C6H5ClN4/c1-4-5-2-8-3-9-6(5)11(7)10-4/h2-3H,1H3. The minimum absolute atomic E-state index is 0.652. The van der Waals surface area contributed by atoms with Crippen LogP contribution in [-0.4, -0.2) is 19.3 Å². The Kier molecular flexibility index (Phi) is 1.29. The largest absolute Gasteiger partial charge is 0.244 e. The van der Waals surface area contributed by atoms with Gasteiger partial charge in [0.1, 0.15) is 6.33 Å². The van der Waals surface area contributed by atoms with Crippen molar-refractivity contribution in [3.8, 4) is 0 Å². The lowest BCUT2D eigenvalue weighted by Gasteiger charge is -1.85. The minimum Gasteiger partial charge on any atom is -0.244 e. The van der Waals surface area contributed by atoms with Gasteiger partial charge in [-0.3, -0.25) is 0 Å². The van der Waals surface area contributed by atoms with Crippen LogP contribution in [0.1, 0.15) is 5.69 Å². The van der Waals surface area contributed by atoms with Gasteiger partial charge in [-0.05, 0) is 6.92 Å². The SMILES string of the molecule is Cc1nn(Cl)c2ncncc12. The van der Waals surface area contributed by atoms with Gasteiger partial charge < -0.3 is 0 Å². The number of aromatic nitrogens is 4. The van der Waals surface area contributed by atoms with E-state index >= 15 is 0 Å². The van der Waals surface area contributed by atoms with Crippen molar-refractivity contribution in [3.63, 3.8) is 0 Å². The lowest BCUT2D eigenvalue weighted by Crippen LogP contribution is -1.84. The summed E-state index contributed by atoms with van der Waals surface area (Å²) in [6.07, 6.45) is 3.14. The molecule has 0 saturated carbocycles. The van der Waals surface area contributed by atoms with Gasteiger partial charge in [-0.2, -0.15) is 9.30 Å². The molecular formula is C6H5ClN4. The van der Waals surface area contributed by atoms with Gasteiger partial charge in [0.25, 0.3) is 0 Å². The van der Waals surface area contributed by atoms with Crippen LogP contribution in [-0.2, 0) is 0 Å². The molecule has 5 heteroatoms. The topological polar surface area (TPSA) is 43.6 Å². The minimum atomic E-state index is 0.652. The first-order valence-electron chi connectivity index (χ1n) is 3.10. The van der Waals surface area contributed by atoms with Gasteiger partial charge in [-0.15, -0.1) is 0 Å². The Balaban J connectivity index is 2.95. The molecule has 0 atom stereocenters. The highest BCUT2D eigenvalue weighted by atomic mass is 35.5. The van der Waals surface area contributed by atoms with Gasteiger partial charge in [0.05, 0.1) is 11.1 Å². The Hall–Kier alpha value is -1.16. The predicted octanol–water partition coefficient (Wildman–Crippen LogP) is 1.14. The molecule has 0 fully saturated rings. The van der Waals surface area contributed by atoms with Crippen LogP contribution in [0.25, 0.3) is 11.0 Å². The molecule has 2 aromatic heterocycles. The molecule has 0 aliphatic heterocycles. The Labute approximate surface area is 67.9 Å². The lowest BCUT2D eigenvalue weighted by molar-refractivity contribution is 0.973. The van der Waals surface area contributed by atoms with E-state index < -0.39 is 0 Å². The molecule has 0 saturated heterocycles. The third-order valence-electron chi connectivity index (χ3n) is 1.49. The van der Waals surface area contributed by atoms with Crippen LogP contribution < -0.4 is 0 Å². The Bertz CT molecular complexity index is 358. The molecule has 0 N–H and O–H groups in total. The van der Waals surface area contributed by atoms with Gasteiger partial charge in [0.15, 0.2) is 5.65 Å². The smallest absolute Gasteiger partial charge is 0.179 e. The third-order valence-corrected chi connectivity index (χ3v) is 1.73. The fourth-order valence-electron chi connectivity index (χ4n) is 0.958. The van der Waals surface area contributed by atoms with Crippen LogP contribution in [0.3, 0.4) is 0 Å². The molecule has 0 unspecified atom stereocenters. The molecule has 2 rings (SSSR count). The molecule has 0 radical (unpaired) electrons. The van der Waals surface area contributed by atoms with Crippen molar-refractivity contribution in [2.45, 2.75) is 6.92 Å². The molecule has 0 amide bonds. The number of hydrogen-bond acceptors (Lipinski definition) is 3. The number of fused-ring (bicyclic) bond motifs is 1. The van der Waals surface area contributed by atoms with Gasteiger partial charge in [-0.1, -0.05) is 0 Å². The first kappa shape index (κ1) is 6.54. The van der Waals surface area contributed by atoms with E-state index in [0.717, 1.165) is 11.1 Å². The van der Waals surface area contributed by atoms with Crippen molar-refractivity contribution in [1.82, 2.24) is 19.3 Å². The average molecular weight is 169 g/mol. The van der Waals surface area contributed by atoms with E-state index in [-0.39, 0.29) is 0 Å². The van der Waals surface area contributed by atoms with Gasteiger partial charge in [0, 0.05) is 18.0 Å². The lowest BCUT2D eigenvalue weighted by atomic mass is 10.3. The van der Waals surface area contributed by atoms with E-state index in [1.807, 2.05) is 6.92 Å². The first-order valence-corrected chi connectivity index (χ1v) is 3.44. The normalized spacial score (nSPS) is 10.7. The van der Waals surface area contributed by atoms with Crippen molar-refractivity contribution >= 4 is 22.8 Å². The summed E-state index contributed by atoms with van der Waals surface area (Å²) < 4.78 is 1.23. The summed E-state index contributed by atoms with van der Waals surface area (Å²) in [5, 5.41) is 4.86. The summed E-state index contributed by atoms with van der Waals surface area (Å²) in [6.45, 7) is 1.87. The fraction of sp³-hybridized carbons (Fsp3) is 0.167. The zero-order valence-electron chi connectivity index (χ0n) is 5.82. The van der Waals surface area contributed by atoms with Crippen LogP contribution in [0.5, 0.6) is 0 Å². The highest BCUT2D eigenvalue weighted by molar-refractivity contribution is 6.17. The van der Waals surface area contributed by atoms with E-state index in [4.69, 9.17) is 11.8 Å². The van der Waals surface area contributed by atoms with Crippen molar-refractivity contribution in [2.75, 3.05) is 0 Å². The number of halogens is 1. The third kappa shape index (κ3) is 0.867. The van der Waals surface area contributed by atoms with Crippen molar-refractivity contribution in [3.05, 3.63) is 18.2 Å². The quantitative estimate of drug-likeness (QED) is 0.593. The maximum absolute atomic E-state index is 5.69. The average Bonchev–Trinajstić information content (AvgIpc) is 2.30. The summed E-state index contributed by atoms with van der Waals surface area (Å²) in [4.78, 5) is 7.82. The fourth-order valence-corrected chi connectivity index (χ4v) is 1.21. The van der Waals surface area contributed by atoms with E-state index in [1.165, 1.54) is 10.5 Å². The summed E-state index contributed by atoms with van der Waals surface area (Å²) in [7, 11) is 0. The van der Waals surface area contributed by atoms with Crippen LogP contribution in [0.15, 0.2) is 12.5 Å². The highest BCUT2D eigenvalue weighted by Crippen LogP contribution is 2.13. The second-order valence-electron chi connectivity index (χ2n) is 2.21. The van der Waals surface area contributed by atoms with Gasteiger partial charge >= 0.3 is 0 Å². The molecule has 56 valence electrons. The van der Waals surface area contributed by atoms with Gasteiger partial charge in [-0.25, -0.2) is 9.97 Å². The second-order valence-corrected chi connectivity index (χ2v) is 2.53. The molecule has 2 aromatic rings. The van der Waals surface area contributed by atoms with E-state index in [2.05, 4.69) is 15.1 Å². The number of rotatable bonds is 0. The first-order chi connectivity index (χ1) is 5.29. The Morgan fingerprint density at radius 2 is 2.36 bits per heavy atom. The maximum Gasteiger partial charge on any atom is 0.179 e. The Morgan fingerprint density at radius 1 is 1.55 bits per heavy atom. The molecule has 11 heavy (non-hydrogen) atoms. The summed E-state index contributed by atoms with van der Waals surface area (Å²) in [6, 6.07) is 0. The zero-order chi connectivity index (χ0) is 7.84. The van der Waals surface area contributed by atoms with Crippen molar-refractivity contribution in [2.24, 2.45) is 0 Å². The predicted molar refractivity (Wildman–Crippen MR) is 41.3 cm³/mol. The zero-order valence-corrected chi connectivity index (χ0v) is 6.58. The highest BCUT2D eigenvalue weighted by Gasteiger charge is 2.05.